The summed E-state index contributed by atoms with van der Waals surface area (Å²) in [5.41, 5.74) is 0.843. The van der Waals surface area contributed by atoms with Crippen molar-refractivity contribution < 1.29 is 14.3 Å². The molecule has 23 heavy (non-hydrogen) atoms. The van der Waals surface area contributed by atoms with Gasteiger partial charge < -0.3 is 20.1 Å². The molecule has 0 aliphatic heterocycles. The third-order valence-electron chi connectivity index (χ3n) is 3.46. The van der Waals surface area contributed by atoms with E-state index in [1.54, 1.807) is 38.6 Å². The van der Waals surface area contributed by atoms with Crippen molar-refractivity contribution >= 4 is 17.4 Å². The lowest BCUT2D eigenvalue weighted by Crippen LogP contribution is -2.15. The van der Waals surface area contributed by atoms with Crippen molar-refractivity contribution in [1.82, 2.24) is 9.97 Å². The third-order valence-corrected chi connectivity index (χ3v) is 3.46. The maximum absolute atomic E-state index is 12.2. The Morgan fingerprint density at radius 3 is 2.52 bits per heavy atom. The van der Waals surface area contributed by atoms with Gasteiger partial charge in [0.05, 0.1) is 26.6 Å². The molecule has 1 saturated carbocycles. The lowest BCUT2D eigenvalue weighted by atomic mass is 10.2. The number of methoxy groups -OCH3 is 2. The Labute approximate surface area is 134 Å². The van der Waals surface area contributed by atoms with E-state index in [1.807, 2.05) is 0 Å². The van der Waals surface area contributed by atoms with Crippen LogP contribution in [0.2, 0.25) is 0 Å². The fraction of sp³-hybridized carbons (Fsp3) is 0.312. The van der Waals surface area contributed by atoms with Gasteiger partial charge in [-0.2, -0.15) is 0 Å². The number of aromatic nitrogens is 2. The molecule has 2 N–H and O–H groups in total. The summed E-state index contributed by atoms with van der Waals surface area (Å²) < 4.78 is 10.4. The Balaban J connectivity index is 1.68. The normalized spacial score (nSPS) is 13.3. The van der Waals surface area contributed by atoms with Crippen molar-refractivity contribution in [3.8, 4) is 11.5 Å². The highest BCUT2D eigenvalue weighted by Gasteiger charge is 2.21. The smallest absolute Gasteiger partial charge is 0.275 e. The Morgan fingerprint density at radius 2 is 1.91 bits per heavy atom. The number of carbonyl (C=O) groups is 1. The second-order valence-corrected chi connectivity index (χ2v) is 5.23. The van der Waals surface area contributed by atoms with Crippen molar-refractivity contribution in [3.05, 3.63) is 36.3 Å². The van der Waals surface area contributed by atoms with Gasteiger partial charge in [0.2, 0.25) is 0 Å². The zero-order valence-electron chi connectivity index (χ0n) is 13.0. The number of nitrogens with one attached hydrogen (secondary N) is 2. The first kappa shape index (κ1) is 15.1. The van der Waals surface area contributed by atoms with E-state index in [4.69, 9.17) is 9.47 Å². The minimum Gasteiger partial charge on any atom is -0.493 e. The fourth-order valence-corrected chi connectivity index (χ4v) is 2.07. The molecule has 3 rings (SSSR count). The van der Waals surface area contributed by atoms with Crippen LogP contribution in [-0.2, 0) is 0 Å². The van der Waals surface area contributed by atoms with Crippen molar-refractivity contribution in [1.29, 1.82) is 0 Å². The molecule has 1 fully saturated rings. The standard InChI is InChI=1S/C16H18N4O3/c1-22-13-6-5-11(7-14(13)23-2)20-16(21)12-8-18-15(9-17-12)19-10-3-4-10/h5-10H,3-4H2,1-2H3,(H,18,19)(H,20,21). The molecular formula is C16H18N4O3. The molecule has 7 nitrogen and oxygen atoms in total. The Morgan fingerprint density at radius 1 is 1.13 bits per heavy atom. The molecule has 0 bridgehead atoms. The molecule has 0 atom stereocenters. The van der Waals surface area contributed by atoms with Crippen LogP contribution < -0.4 is 20.1 Å². The van der Waals surface area contributed by atoms with Gasteiger partial charge in [0.1, 0.15) is 11.5 Å². The topological polar surface area (TPSA) is 85.4 Å². The highest BCUT2D eigenvalue weighted by atomic mass is 16.5. The summed E-state index contributed by atoms with van der Waals surface area (Å²) >= 11 is 0. The molecular weight excluding hydrogens is 296 g/mol. The second-order valence-electron chi connectivity index (χ2n) is 5.23. The van der Waals surface area contributed by atoms with Gasteiger partial charge >= 0.3 is 0 Å². The average molecular weight is 314 g/mol. The molecule has 0 saturated heterocycles. The van der Waals surface area contributed by atoms with Gasteiger partial charge in [0, 0.05) is 17.8 Å². The first-order valence-corrected chi connectivity index (χ1v) is 7.31. The first-order valence-electron chi connectivity index (χ1n) is 7.31. The molecule has 1 amide bonds. The summed E-state index contributed by atoms with van der Waals surface area (Å²) in [6.45, 7) is 0. The van der Waals surface area contributed by atoms with E-state index in [0.717, 1.165) is 12.8 Å². The highest BCUT2D eigenvalue weighted by Crippen LogP contribution is 2.29. The quantitative estimate of drug-likeness (QED) is 0.851. The number of amides is 1. The maximum atomic E-state index is 12.2. The van der Waals surface area contributed by atoms with Gasteiger partial charge in [0.15, 0.2) is 11.5 Å². The summed E-state index contributed by atoms with van der Waals surface area (Å²) in [6.07, 6.45) is 5.34. The van der Waals surface area contributed by atoms with Crippen LogP contribution in [0, 0.1) is 0 Å². The Bertz CT molecular complexity index is 699. The predicted octanol–water partition coefficient (Wildman–Crippen LogP) is 2.32. The van der Waals surface area contributed by atoms with Gasteiger partial charge in [-0.15, -0.1) is 0 Å². The largest absolute Gasteiger partial charge is 0.493 e. The van der Waals surface area contributed by atoms with E-state index in [-0.39, 0.29) is 11.6 Å². The zero-order valence-corrected chi connectivity index (χ0v) is 13.0. The lowest BCUT2D eigenvalue weighted by molar-refractivity contribution is 0.102. The summed E-state index contributed by atoms with van der Waals surface area (Å²) in [4.78, 5) is 20.6. The molecule has 1 aliphatic carbocycles. The number of hydrogen-bond acceptors (Lipinski definition) is 6. The van der Waals surface area contributed by atoms with Crippen LogP contribution in [0.4, 0.5) is 11.5 Å². The molecule has 1 aliphatic rings. The molecule has 1 heterocycles. The first-order chi connectivity index (χ1) is 11.2. The number of hydrogen-bond donors (Lipinski definition) is 2. The number of nitrogens with zero attached hydrogens (tertiary/aromatic N) is 2. The number of anilines is 2. The minimum atomic E-state index is -0.331. The van der Waals surface area contributed by atoms with E-state index in [0.29, 0.717) is 29.0 Å². The summed E-state index contributed by atoms with van der Waals surface area (Å²) in [5, 5.41) is 5.98. The van der Waals surface area contributed by atoms with Crippen LogP contribution in [-0.4, -0.2) is 36.1 Å². The van der Waals surface area contributed by atoms with E-state index >= 15 is 0 Å². The second kappa shape index (κ2) is 6.51. The van der Waals surface area contributed by atoms with E-state index in [9.17, 15) is 4.79 Å². The molecule has 1 aromatic carbocycles. The van der Waals surface area contributed by atoms with Gasteiger partial charge in [-0.05, 0) is 25.0 Å². The van der Waals surface area contributed by atoms with Crippen molar-refractivity contribution in [2.75, 3.05) is 24.9 Å². The highest BCUT2D eigenvalue weighted by molar-refractivity contribution is 6.02. The SMILES string of the molecule is COc1ccc(NC(=O)c2cnc(NC3CC3)cn2)cc1OC. The monoisotopic (exact) mass is 314 g/mol. The van der Waals surface area contributed by atoms with E-state index < -0.39 is 0 Å². The van der Waals surface area contributed by atoms with Crippen LogP contribution in [0.1, 0.15) is 23.3 Å². The zero-order chi connectivity index (χ0) is 16.2. The molecule has 120 valence electrons. The number of carbonyl (C=O) groups excluding carboxylic acids is 1. The average Bonchev–Trinajstić information content (AvgIpc) is 3.39. The van der Waals surface area contributed by atoms with Gasteiger partial charge in [-0.25, -0.2) is 9.97 Å². The van der Waals surface area contributed by atoms with Crippen LogP contribution in [0.25, 0.3) is 0 Å². The van der Waals surface area contributed by atoms with Crippen molar-refractivity contribution in [2.24, 2.45) is 0 Å². The minimum absolute atomic E-state index is 0.251. The summed E-state index contributed by atoms with van der Waals surface area (Å²) in [5.74, 6) is 1.50. The van der Waals surface area contributed by atoms with Crippen LogP contribution in [0.3, 0.4) is 0 Å². The Hall–Kier alpha value is -2.83. The summed E-state index contributed by atoms with van der Waals surface area (Å²) in [7, 11) is 3.10. The van der Waals surface area contributed by atoms with Crippen molar-refractivity contribution in [2.45, 2.75) is 18.9 Å². The third kappa shape index (κ3) is 3.68. The Kier molecular flexibility index (Phi) is 4.27. The van der Waals surface area contributed by atoms with Crippen molar-refractivity contribution in [3.63, 3.8) is 0 Å². The molecule has 0 spiro atoms. The maximum Gasteiger partial charge on any atom is 0.275 e. The molecule has 7 heteroatoms. The molecule has 0 radical (unpaired) electrons. The van der Waals surface area contributed by atoms with Crippen LogP contribution in [0.15, 0.2) is 30.6 Å². The van der Waals surface area contributed by atoms with Crippen LogP contribution >= 0.6 is 0 Å². The molecule has 2 aromatic rings. The van der Waals surface area contributed by atoms with Crippen LogP contribution in [0.5, 0.6) is 11.5 Å². The summed E-state index contributed by atoms with van der Waals surface area (Å²) in [6, 6.07) is 5.64. The number of ether oxygens (including phenoxy) is 2. The van der Waals surface area contributed by atoms with Gasteiger partial charge in [-0.3, -0.25) is 4.79 Å². The van der Waals surface area contributed by atoms with Gasteiger partial charge in [-0.1, -0.05) is 0 Å². The predicted molar refractivity (Wildman–Crippen MR) is 86.2 cm³/mol. The molecule has 0 unspecified atom stereocenters. The lowest BCUT2D eigenvalue weighted by Gasteiger charge is -2.10. The number of benzene rings is 1. The van der Waals surface area contributed by atoms with E-state index in [2.05, 4.69) is 20.6 Å². The number of rotatable bonds is 6. The molecule has 1 aromatic heterocycles. The van der Waals surface area contributed by atoms with Gasteiger partial charge in [0.25, 0.3) is 5.91 Å². The van der Waals surface area contributed by atoms with E-state index in [1.165, 1.54) is 6.20 Å². The fourth-order valence-electron chi connectivity index (χ4n) is 2.07.